The van der Waals surface area contributed by atoms with Gasteiger partial charge in [0.25, 0.3) is 0 Å². The molecule has 1 heterocycles. The van der Waals surface area contributed by atoms with Crippen molar-refractivity contribution in [1.82, 2.24) is 4.98 Å². The van der Waals surface area contributed by atoms with Gasteiger partial charge in [0.15, 0.2) is 0 Å². The van der Waals surface area contributed by atoms with Crippen LogP contribution < -0.4 is 0 Å². The van der Waals surface area contributed by atoms with Crippen LogP contribution in [0.1, 0.15) is 63.6 Å². The van der Waals surface area contributed by atoms with Crippen LogP contribution in [0.5, 0.6) is 0 Å². The summed E-state index contributed by atoms with van der Waals surface area (Å²) in [7, 11) is 0. The molecular weight excluding hydrogens is 302 g/mol. The Morgan fingerprint density at radius 2 is 1.72 bits per heavy atom. The van der Waals surface area contributed by atoms with Crippen molar-refractivity contribution in [2.24, 2.45) is 0 Å². The molecule has 0 N–H and O–H groups in total. The monoisotopic (exact) mass is 331 g/mol. The first-order chi connectivity index (χ1) is 11.8. The van der Waals surface area contributed by atoms with Crippen molar-refractivity contribution in [3.63, 3.8) is 0 Å². The molecule has 0 amide bonds. The molecule has 0 spiro atoms. The summed E-state index contributed by atoms with van der Waals surface area (Å²) in [4.78, 5) is 4.94. The van der Waals surface area contributed by atoms with Crippen LogP contribution in [-0.4, -0.2) is 4.98 Å². The predicted molar refractivity (Wildman–Crippen MR) is 109 cm³/mol. The van der Waals surface area contributed by atoms with E-state index in [-0.39, 0.29) is 5.41 Å². The predicted octanol–water partition coefficient (Wildman–Crippen LogP) is 7.02. The van der Waals surface area contributed by atoms with Crippen molar-refractivity contribution in [2.45, 2.75) is 59.3 Å². The Morgan fingerprint density at radius 1 is 0.960 bits per heavy atom. The van der Waals surface area contributed by atoms with Crippen molar-refractivity contribution in [1.29, 1.82) is 0 Å². The molecule has 0 aliphatic rings. The Balaban J connectivity index is 2.07. The largest absolute Gasteiger partial charge is 0.248 e. The van der Waals surface area contributed by atoms with E-state index in [0.717, 1.165) is 17.6 Å². The standard InChI is InChI=1S/C24H29N/c1-7-17(3)18-8-10-22-19(14-18)9-11-23(25-22)20-12-16(2)13-21(15-20)24(4,5)6/h8-15,17H,7H2,1-6H3. The van der Waals surface area contributed by atoms with Gasteiger partial charge in [0, 0.05) is 10.9 Å². The van der Waals surface area contributed by atoms with Crippen LogP contribution in [0.15, 0.2) is 48.5 Å². The molecule has 0 radical (unpaired) electrons. The number of hydrogen-bond donors (Lipinski definition) is 0. The van der Waals surface area contributed by atoms with Crippen LogP contribution in [0.4, 0.5) is 0 Å². The van der Waals surface area contributed by atoms with E-state index in [2.05, 4.69) is 90.1 Å². The first-order valence-corrected chi connectivity index (χ1v) is 9.31. The summed E-state index contributed by atoms with van der Waals surface area (Å²) >= 11 is 0. The van der Waals surface area contributed by atoms with Crippen molar-refractivity contribution in [2.75, 3.05) is 0 Å². The highest BCUT2D eigenvalue weighted by Gasteiger charge is 2.15. The third-order valence-corrected chi connectivity index (χ3v) is 5.13. The van der Waals surface area contributed by atoms with E-state index in [4.69, 9.17) is 4.98 Å². The average Bonchev–Trinajstić information content (AvgIpc) is 2.58. The minimum atomic E-state index is 0.142. The fourth-order valence-electron chi connectivity index (χ4n) is 3.21. The van der Waals surface area contributed by atoms with Crippen LogP contribution >= 0.6 is 0 Å². The molecule has 3 rings (SSSR count). The Bertz CT molecular complexity index is 900. The smallest absolute Gasteiger partial charge is 0.0709 e. The molecule has 1 heteroatoms. The normalized spacial score (nSPS) is 13.2. The fourth-order valence-corrected chi connectivity index (χ4v) is 3.21. The highest BCUT2D eigenvalue weighted by Crippen LogP contribution is 2.30. The number of rotatable bonds is 3. The van der Waals surface area contributed by atoms with E-state index < -0.39 is 0 Å². The van der Waals surface area contributed by atoms with E-state index in [0.29, 0.717) is 5.92 Å². The number of aryl methyl sites for hydroxylation is 1. The van der Waals surface area contributed by atoms with Crippen LogP contribution in [0.25, 0.3) is 22.2 Å². The van der Waals surface area contributed by atoms with E-state index in [1.165, 1.54) is 27.6 Å². The molecule has 3 aromatic rings. The van der Waals surface area contributed by atoms with Gasteiger partial charge in [-0.25, -0.2) is 4.98 Å². The van der Waals surface area contributed by atoms with E-state index >= 15 is 0 Å². The lowest BCUT2D eigenvalue weighted by molar-refractivity contribution is 0.590. The van der Waals surface area contributed by atoms with Crippen LogP contribution in [0.3, 0.4) is 0 Å². The SMILES string of the molecule is CCC(C)c1ccc2nc(-c3cc(C)cc(C(C)(C)C)c3)ccc2c1. The Hall–Kier alpha value is -2.15. The minimum Gasteiger partial charge on any atom is -0.248 e. The number of nitrogens with zero attached hydrogens (tertiary/aromatic N) is 1. The lowest BCUT2D eigenvalue weighted by Crippen LogP contribution is -2.11. The molecule has 1 nitrogen and oxygen atoms in total. The van der Waals surface area contributed by atoms with Crippen molar-refractivity contribution >= 4 is 10.9 Å². The van der Waals surface area contributed by atoms with Gasteiger partial charge in [0.05, 0.1) is 11.2 Å². The summed E-state index contributed by atoms with van der Waals surface area (Å²) in [6.45, 7) is 13.5. The summed E-state index contributed by atoms with van der Waals surface area (Å²) in [6.07, 6.45) is 1.16. The number of fused-ring (bicyclic) bond motifs is 1. The van der Waals surface area contributed by atoms with Gasteiger partial charge in [-0.15, -0.1) is 0 Å². The topological polar surface area (TPSA) is 12.9 Å². The lowest BCUT2D eigenvalue weighted by Gasteiger charge is -2.21. The van der Waals surface area contributed by atoms with Crippen molar-refractivity contribution in [3.8, 4) is 11.3 Å². The van der Waals surface area contributed by atoms with Gasteiger partial charge in [-0.2, -0.15) is 0 Å². The van der Waals surface area contributed by atoms with Crippen LogP contribution in [0.2, 0.25) is 0 Å². The van der Waals surface area contributed by atoms with E-state index in [9.17, 15) is 0 Å². The first kappa shape index (κ1) is 17.7. The second-order valence-corrected chi connectivity index (χ2v) is 8.30. The number of hydrogen-bond acceptors (Lipinski definition) is 1. The zero-order valence-corrected chi connectivity index (χ0v) is 16.4. The quantitative estimate of drug-likeness (QED) is 0.502. The lowest BCUT2D eigenvalue weighted by atomic mass is 9.85. The van der Waals surface area contributed by atoms with Crippen molar-refractivity contribution in [3.05, 3.63) is 65.2 Å². The van der Waals surface area contributed by atoms with Gasteiger partial charge >= 0.3 is 0 Å². The maximum Gasteiger partial charge on any atom is 0.0709 e. The summed E-state index contributed by atoms with van der Waals surface area (Å²) in [6, 6.07) is 17.9. The van der Waals surface area contributed by atoms with Gasteiger partial charge in [-0.3, -0.25) is 0 Å². The molecular formula is C24H29N. The molecule has 0 aliphatic carbocycles. The summed E-state index contributed by atoms with van der Waals surface area (Å²) in [5.74, 6) is 0.593. The molecule has 1 atom stereocenters. The highest BCUT2D eigenvalue weighted by molar-refractivity contribution is 5.82. The molecule has 1 aromatic heterocycles. The average molecular weight is 332 g/mol. The number of pyridine rings is 1. The highest BCUT2D eigenvalue weighted by atomic mass is 14.7. The molecule has 0 saturated heterocycles. The van der Waals surface area contributed by atoms with Gasteiger partial charge in [0.2, 0.25) is 0 Å². The first-order valence-electron chi connectivity index (χ1n) is 9.31. The molecule has 130 valence electrons. The van der Waals surface area contributed by atoms with Gasteiger partial charge in [0.1, 0.15) is 0 Å². The minimum absolute atomic E-state index is 0.142. The van der Waals surface area contributed by atoms with Crippen molar-refractivity contribution < 1.29 is 0 Å². The maximum atomic E-state index is 4.94. The number of aromatic nitrogens is 1. The molecule has 1 unspecified atom stereocenters. The second-order valence-electron chi connectivity index (χ2n) is 8.30. The molecule has 0 saturated carbocycles. The van der Waals surface area contributed by atoms with Crippen LogP contribution in [0, 0.1) is 6.92 Å². The molecule has 0 aliphatic heterocycles. The van der Waals surface area contributed by atoms with E-state index in [1.54, 1.807) is 0 Å². The zero-order chi connectivity index (χ0) is 18.2. The molecule has 25 heavy (non-hydrogen) atoms. The Kier molecular flexibility index (Phi) is 4.69. The summed E-state index contributed by atoms with van der Waals surface area (Å²) in [5, 5.41) is 1.23. The zero-order valence-electron chi connectivity index (χ0n) is 16.4. The number of benzene rings is 2. The summed E-state index contributed by atoms with van der Waals surface area (Å²) < 4.78 is 0. The summed E-state index contributed by atoms with van der Waals surface area (Å²) in [5.41, 5.74) is 7.52. The third-order valence-electron chi connectivity index (χ3n) is 5.13. The van der Waals surface area contributed by atoms with E-state index in [1.807, 2.05) is 0 Å². The molecule has 2 aromatic carbocycles. The Morgan fingerprint density at radius 3 is 2.40 bits per heavy atom. The maximum absolute atomic E-state index is 4.94. The van der Waals surface area contributed by atoms with Gasteiger partial charge < -0.3 is 0 Å². The molecule has 0 fully saturated rings. The third kappa shape index (κ3) is 3.76. The van der Waals surface area contributed by atoms with Gasteiger partial charge in [-0.05, 0) is 66.1 Å². The van der Waals surface area contributed by atoms with Crippen LogP contribution in [-0.2, 0) is 5.41 Å². The van der Waals surface area contributed by atoms with Gasteiger partial charge in [-0.1, -0.05) is 58.4 Å². The molecule has 0 bridgehead atoms. The Labute approximate surface area is 152 Å². The second kappa shape index (κ2) is 6.63. The fraction of sp³-hybridized carbons (Fsp3) is 0.375.